The average Bonchev–Trinajstić information content (AvgIpc) is 2.92. The molecule has 0 saturated heterocycles. The Morgan fingerprint density at radius 3 is 2.77 bits per heavy atom. The van der Waals surface area contributed by atoms with Crippen LogP contribution in [0.4, 0.5) is 5.69 Å². The van der Waals surface area contributed by atoms with Crippen LogP contribution in [-0.2, 0) is 22.4 Å². The summed E-state index contributed by atoms with van der Waals surface area (Å²) in [5, 5.41) is 5.82. The number of anilines is 1. The van der Waals surface area contributed by atoms with E-state index in [-0.39, 0.29) is 17.1 Å². The van der Waals surface area contributed by atoms with E-state index in [1.165, 1.54) is 5.56 Å². The van der Waals surface area contributed by atoms with E-state index in [0.29, 0.717) is 36.6 Å². The summed E-state index contributed by atoms with van der Waals surface area (Å²) in [6, 6.07) is 13.7. The summed E-state index contributed by atoms with van der Waals surface area (Å²) in [6.07, 6.45) is 2.76. The second-order valence-electron chi connectivity index (χ2n) is 7.08. The van der Waals surface area contributed by atoms with Crippen LogP contribution in [0.3, 0.4) is 0 Å². The largest absolute Gasteiger partial charge is 0.493 e. The van der Waals surface area contributed by atoms with E-state index in [1.54, 1.807) is 26.0 Å². The minimum Gasteiger partial charge on any atom is -0.493 e. The third kappa shape index (κ3) is 5.92. The fourth-order valence-corrected chi connectivity index (χ4v) is 4.50. The van der Waals surface area contributed by atoms with Gasteiger partial charge < -0.3 is 20.1 Å². The first kappa shape index (κ1) is 22.0. The number of nitrogens with one attached hydrogen (secondary N) is 2. The predicted octanol–water partition coefficient (Wildman–Crippen LogP) is 3.44. The van der Waals surface area contributed by atoms with Gasteiger partial charge in [0, 0.05) is 24.4 Å². The lowest BCUT2D eigenvalue weighted by Gasteiger charge is -2.13. The van der Waals surface area contributed by atoms with Gasteiger partial charge in [-0.05, 0) is 48.6 Å². The lowest BCUT2D eigenvalue weighted by Crippen LogP contribution is -2.27. The average molecular weight is 429 g/mol. The van der Waals surface area contributed by atoms with Crippen LogP contribution in [0.2, 0.25) is 0 Å². The van der Waals surface area contributed by atoms with Crippen molar-refractivity contribution in [3.05, 3.63) is 53.6 Å². The molecule has 2 N–H and O–H groups in total. The van der Waals surface area contributed by atoms with Gasteiger partial charge in [-0.3, -0.25) is 9.59 Å². The van der Waals surface area contributed by atoms with Gasteiger partial charge in [-0.25, -0.2) is 0 Å². The normalized spacial score (nSPS) is 15.5. The Hall–Kier alpha value is -2.67. The van der Waals surface area contributed by atoms with Gasteiger partial charge in [0.05, 0.1) is 19.5 Å². The number of methoxy groups -OCH3 is 2. The van der Waals surface area contributed by atoms with Gasteiger partial charge in [-0.1, -0.05) is 24.3 Å². The monoisotopic (exact) mass is 428 g/mol. The number of para-hydroxylation sites is 1. The number of rotatable bonds is 9. The molecule has 30 heavy (non-hydrogen) atoms. The molecule has 0 aromatic heterocycles. The van der Waals surface area contributed by atoms with Crippen LogP contribution in [-0.4, -0.2) is 43.6 Å². The SMILES string of the molecule is COc1ccc(CCNC(=O)CCS[C@@H]2CCc3ccccc3NC2=O)cc1OC. The first-order chi connectivity index (χ1) is 14.6. The van der Waals surface area contributed by atoms with Crippen molar-refractivity contribution in [2.45, 2.75) is 30.9 Å². The maximum atomic E-state index is 12.4. The van der Waals surface area contributed by atoms with E-state index in [1.807, 2.05) is 36.4 Å². The molecule has 2 aromatic carbocycles. The molecule has 160 valence electrons. The van der Waals surface area contributed by atoms with Gasteiger partial charge in [0.15, 0.2) is 11.5 Å². The van der Waals surface area contributed by atoms with Crippen molar-refractivity contribution >= 4 is 29.3 Å². The molecule has 0 aliphatic carbocycles. The van der Waals surface area contributed by atoms with Gasteiger partial charge in [0.1, 0.15) is 0 Å². The number of ether oxygens (including phenoxy) is 2. The summed E-state index contributed by atoms with van der Waals surface area (Å²) >= 11 is 1.55. The fourth-order valence-electron chi connectivity index (χ4n) is 3.41. The van der Waals surface area contributed by atoms with Gasteiger partial charge >= 0.3 is 0 Å². The van der Waals surface area contributed by atoms with E-state index < -0.39 is 0 Å². The van der Waals surface area contributed by atoms with Gasteiger partial charge in [0.25, 0.3) is 0 Å². The molecule has 0 saturated carbocycles. The molecule has 3 rings (SSSR count). The lowest BCUT2D eigenvalue weighted by atomic mass is 10.1. The molecular formula is C23H28N2O4S. The predicted molar refractivity (Wildman–Crippen MR) is 121 cm³/mol. The number of aryl methyl sites for hydroxylation is 1. The zero-order chi connectivity index (χ0) is 21.3. The molecule has 1 atom stereocenters. The Bertz CT molecular complexity index is 887. The summed E-state index contributed by atoms with van der Waals surface area (Å²) in [7, 11) is 3.21. The molecule has 2 amide bonds. The highest BCUT2D eigenvalue weighted by Gasteiger charge is 2.23. The van der Waals surface area contributed by atoms with Gasteiger partial charge in [-0.15, -0.1) is 11.8 Å². The summed E-state index contributed by atoms with van der Waals surface area (Å²) in [4.78, 5) is 24.6. The maximum absolute atomic E-state index is 12.4. The van der Waals surface area contributed by atoms with Crippen LogP contribution in [0, 0.1) is 0 Å². The van der Waals surface area contributed by atoms with E-state index >= 15 is 0 Å². The molecule has 0 spiro atoms. The van der Waals surface area contributed by atoms with Crippen molar-refractivity contribution in [1.29, 1.82) is 0 Å². The molecule has 1 aliphatic heterocycles. The molecule has 1 heterocycles. The number of thioether (sulfide) groups is 1. The van der Waals surface area contributed by atoms with Crippen LogP contribution >= 0.6 is 11.8 Å². The summed E-state index contributed by atoms with van der Waals surface area (Å²) in [6.45, 7) is 0.554. The third-order valence-electron chi connectivity index (χ3n) is 5.08. The van der Waals surface area contributed by atoms with Crippen LogP contribution < -0.4 is 20.1 Å². The first-order valence-corrected chi connectivity index (χ1v) is 11.1. The Morgan fingerprint density at radius 1 is 1.17 bits per heavy atom. The number of hydrogen-bond acceptors (Lipinski definition) is 5. The molecule has 1 aliphatic rings. The van der Waals surface area contributed by atoms with Crippen molar-refractivity contribution in [2.75, 3.05) is 31.8 Å². The summed E-state index contributed by atoms with van der Waals surface area (Å²) in [5.74, 6) is 2.02. The smallest absolute Gasteiger partial charge is 0.237 e. The third-order valence-corrected chi connectivity index (χ3v) is 6.37. The maximum Gasteiger partial charge on any atom is 0.237 e. The Kier molecular flexibility index (Phi) is 8.02. The van der Waals surface area contributed by atoms with E-state index in [2.05, 4.69) is 16.7 Å². The highest BCUT2D eigenvalue weighted by molar-refractivity contribution is 8.00. The zero-order valence-electron chi connectivity index (χ0n) is 17.4. The summed E-state index contributed by atoms with van der Waals surface area (Å²) in [5.41, 5.74) is 3.14. The number of fused-ring (bicyclic) bond motifs is 1. The van der Waals surface area contributed by atoms with Crippen LogP contribution in [0.1, 0.15) is 24.0 Å². The molecule has 0 bridgehead atoms. The van der Waals surface area contributed by atoms with Crippen molar-refractivity contribution in [3.63, 3.8) is 0 Å². The number of hydrogen-bond donors (Lipinski definition) is 2. The van der Waals surface area contributed by atoms with E-state index in [0.717, 1.165) is 24.1 Å². The lowest BCUT2D eigenvalue weighted by molar-refractivity contribution is -0.120. The van der Waals surface area contributed by atoms with Crippen LogP contribution in [0.5, 0.6) is 11.5 Å². The highest BCUT2D eigenvalue weighted by atomic mass is 32.2. The molecule has 0 unspecified atom stereocenters. The highest BCUT2D eigenvalue weighted by Crippen LogP contribution is 2.28. The van der Waals surface area contributed by atoms with E-state index in [9.17, 15) is 9.59 Å². The van der Waals surface area contributed by atoms with Crippen LogP contribution in [0.25, 0.3) is 0 Å². The van der Waals surface area contributed by atoms with Gasteiger partial charge in [-0.2, -0.15) is 0 Å². The number of carbonyl (C=O) groups is 2. The second-order valence-corrected chi connectivity index (χ2v) is 8.39. The quantitative estimate of drug-likeness (QED) is 0.640. The van der Waals surface area contributed by atoms with Crippen molar-refractivity contribution in [1.82, 2.24) is 5.32 Å². The molecule has 0 fully saturated rings. The van der Waals surface area contributed by atoms with E-state index in [4.69, 9.17) is 9.47 Å². The van der Waals surface area contributed by atoms with Gasteiger partial charge in [0.2, 0.25) is 11.8 Å². The first-order valence-electron chi connectivity index (χ1n) is 10.1. The Morgan fingerprint density at radius 2 is 1.97 bits per heavy atom. The molecule has 2 aromatic rings. The standard InChI is InChI=1S/C23H28N2O4S/c1-28-19-9-7-16(15-20(19)29-2)11-13-24-22(26)12-14-30-21-10-8-17-5-3-4-6-18(17)25-23(21)27/h3-7,9,15,21H,8,10-14H2,1-2H3,(H,24,26)(H,25,27)/t21-/m1/s1. The Labute approximate surface area is 181 Å². The molecular weight excluding hydrogens is 400 g/mol. The topological polar surface area (TPSA) is 76.7 Å². The minimum absolute atomic E-state index is 0.000271. The molecule has 7 heteroatoms. The van der Waals surface area contributed by atoms with Crippen molar-refractivity contribution in [3.8, 4) is 11.5 Å². The van der Waals surface area contributed by atoms with Crippen molar-refractivity contribution in [2.24, 2.45) is 0 Å². The number of carbonyl (C=O) groups excluding carboxylic acids is 2. The van der Waals surface area contributed by atoms with Crippen LogP contribution in [0.15, 0.2) is 42.5 Å². The molecule has 0 radical (unpaired) electrons. The Balaban J connectivity index is 1.38. The molecule has 6 nitrogen and oxygen atoms in total. The number of benzene rings is 2. The second kappa shape index (κ2) is 10.9. The fraction of sp³-hybridized carbons (Fsp3) is 0.391. The van der Waals surface area contributed by atoms with Crippen molar-refractivity contribution < 1.29 is 19.1 Å². The summed E-state index contributed by atoms with van der Waals surface area (Å²) < 4.78 is 10.5. The number of amides is 2. The minimum atomic E-state index is -0.128. The zero-order valence-corrected chi connectivity index (χ0v) is 18.2.